The first-order chi connectivity index (χ1) is 11.5. The maximum absolute atomic E-state index is 4.56. The monoisotopic (exact) mass is 370 g/mol. The van der Waals surface area contributed by atoms with Gasteiger partial charge in [-0.05, 0) is 19.4 Å². The summed E-state index contributed by atoms with van der Waals surface area (Å²) in [6, 6.07) is 9.04. The molecule has 1 aliphatic rings. The van der Waals surface area contributed by atoms with E-state index in [0.717, 1.165) is 15.5 Å². The van der Waals surface area contributed by atoms with Gasteiger partial charge in [-0.2, -0.15) is 8.75 Å². The summed E-state index contributed by atoms with van der Waals surface area (Å²) in [6.07, 6.45) is 0. The first-order valence-electron chi connectivity index (χ1n) is 7.79. The molecule has 3 nitrogen and oxygen atoms in total. The Bertz CT molecular complexity index is 1110. The highest BCUT2D eigenvalue weighted by atomic mass is 32.1. The summed E-state index contributed by atoms with van der Waals surface area (Å²) in [6.45, 7) is 4.30. The molecule has 1 aromatic carbocycles. The summed E-state index contributed by atoms with van der Waals surface area (Å²) in [5.41, 5.74) is 7.29. The van der Waals surface area contributed by atoms with E-state index in [-0.39, 0.29) is 0 Å². The molecular formula is C18H16N3S3+. The number of aryl methyl sites for hydroxylation is 2. The van der Waals surface area contributed by atoms with Gasteiger partial charge in [-0.3, -0.25) is 4.48 Å². The first kappa shape index (κ1) is 14.7. The van der Waals surface area contributed by atoms with E-state index < -0.39 is 0 Å². The SMILES string of the molecule is Cc1cc2c(s1)-c1sc(-c3ccc(C)c4nsnc34)cc1[N+]2(C)C. The molecule has 0 radical (unpaired) electrons. The number of aromatic nitrogens is 2. The molecule has 0 saturated heterocycles. The number of nitrogens with zero attached hydrogens (tertiary/aromatic N) is 3. The summed E-state index contributed by atoms with van der Waals surface area (Å²) >= 11 is 5.10. The van der Waals surface area contributed by atoms with Crippen LogP contribution in [0.15, 0.2) is 24.3 Å². The Morgan fingerprint density at radius 3 is 2.42 bits per heavy atom. The summed E-state index contributed by atoms with van der Waals surface area (Å²) in [5.74, 6) is 0. The van der Waals surface area contributed by atoms with Crippen LogP contribution in [0, 0.1) is 13.8 Å². The van der Waals surface area contributed by atoms with Crippen molar-refractivity contribution in [2.75, 3.05) is 14.1 Å². The van der Waals surface area contributed by atoms with E-state index in [1.54, 1.807) is 0 Å². The van der Waals surface area contributed by atoms with Gasteiger partial charge in [-0.1, -0.05) is 12.1 Å². The fourth-order valence-electron chi connectivity index (χ4n) is 3.49. The maximum Gasteiger partial charge on any atom is 0.158 e. The highest BCUT2D eigenvalue weighted by molar-refractivity contribution is 7.25. The molecule has 0 aliphatic carbocycles. The highest BCUT2D eigenvalue weighted by Gasteiger charge is 2.41. The van der Waals surface area contributed by atoms with Crippen molar-refractivity contribution in [2.24, 2.45) is 0 Å². The molecule has 0 N–H and O–H groups in total. The number of fused-ring (bicyclic) bond motifs is 4. The van der Waals surface area contributed by atoms with Crippen molar-refractivity contribution in [3.63, 3.8) is 0 Å². The number of rotatable bonds is 1. The van der Waals surface area contributed by atoms with Crippen LogP contribution >= 0.6 is 34.4 Å². The van der Waals surface area contributed by atoms with Crippen LogP contribution < -0.4 is 4.48 Å². The molecule has 0 fully saturated rings. The lowest BCUT2D eigenvalue weighted by atomic mass is 10.1. The molecule has 5 rings (SSSR count). The quantitative estimate of drug-likeness (QED) is 0.385. The molecular weight excluding hydrogens is 354 g/mol. The number of hydrogen-bond acceptors (Lipinski definition) is 5. The Kier molecular flexibility index (Phi) is 2.90. The van der Waals surface area contributed by atoms with E-state index in [9.17, 15) is 0 Å². The summed E-state index contributed by atoms with van der Waals surface area (Å²) in [5, 5.41) is 0. The van der Waals surface area contributed by atoms with Crippen LogP contribution in [-0.4, -0.2) is 22.8 Å². The molecule has 6 heteroatoms. The molecule has 3 aromatic heterocycles. The van der Waals surface area contributed by atoms with Gasteiger partial charge in [0.05, 0.1) is 25.8 Å². The standard InChI is InChI=1S/C18H16N3S3/c1-9-5-6-11(16-15(9)19-24-20-16)14-8-13-18(23-14)17-12(21(13,3)4)7-10(2)22-17/h5-8H,1-4H3/q+1. The summed E-state index contributed by atoms with van der Waals surface area (Å²) < 4.78 is 9.86. The molecule has 0 atom stereocenters. The Labute approximate surface area is 152 Å². The van der Waals surface area contributed by atoms with Gasteiger partial charge in [-0.15, -0.1) is 22.7 Å². The highest BCUT2D eigenvalue weighted by Crippen LogP contribution is 2.59. The Morgan fingerprint density at radius 2 is 1.58 bits per heavy atom. The van der Waals surface area contributed by atoms with Gasteiger partial charge >= 0.3 is 0 Å². The number of thiophene rings is 2. The number of quaternary nitrogens is 1. The van der Waals surface area contributed by atoms with Crippen molar-refractivity contribution in [1.29, 1.82) is 0 Å². The third kappa shape index (κ3) is 1.80. The van der Waals surface area contributed by atoms with Crippen molar-refractivity contribution in [1.82, 2.24) is 13.2 Å². The third-order valence-electron chi connectivity index (χ3n) is 4.84. The minimum Gasteiger partial charge on any atom is -0.261 e. The van der Waals surface area contributed by atoms with E-state index >= 15 is 0 Å². The molecule has 0 unspecified atom stereocenters. The number of benzene rings is 1. The van der Waals surface area contributed by atoms with E-state index in [1.165, 1.54) is 53.7 Å². The second kappa shape index (κ2) is 4.73. The van der Waals surface area contributed by atoms with E-state index in [2.05, 4.69) is 61.0 Å². The van der Waals surface area contributed by atoms with Gasteiger partial charge in [-0.25, -0.2) is 0 Å². The molecule has 1 aliphatic heterocycles. The zero-order chi connectivity index (χ0) is 16.6. The maximum atomic E-state index is 4.56. The lowest BCUT2D eigenvalue weighted by molar-refractivity contribution is 0.570. The van der Waals surface area contributed by atoms with E-state index in [0.29, 0.717) is 0 Å². The molecule has 120 valence electrons. The minimum absolute atomic E-state index is 0.829. The van der Waals surface area contributed by atoms with E-state index in [1.807, 2.05) is 22.7 Å². The average molecular weight is 371 g/mol. The largest absolute Gasteiger partial charge is 0.261 e. The normalized spacial score (nSPS) is 15.0. The lowest BCUT2D eigenvalue weighted by Crippen LogP contribution is -2.31. The van der Waals surface area contributed by atoms with Gasteiger partial charge in [0.15, 0.2) is 11.4 Å². The van der Waals surface area contributed by atoms with Crippen LogP contribution in [0.1, 0.15) is 10.4 Å². The van der Waals surface area contributed by atoms with Crippen molar-refractivity contribution in [3.8, 4) is 20.2 Å². The number of hydrogen-bond donors (Lipinski definition) is 0. The molecule has 0 bridgehead atoms. The smallest absolute Gasteiger partial charge is 0.158 e. The first-order valence-corrected chi connectivity index (χ1v) is 10.1. The van der Waals surface area contributed by atoms with Crippen LogP contribution in [0.5, 0.6) is 0 Å². The van der Waals surface area contributed by atoms with Gasteiger partial charge < -0.3 is 0 Å². The Balaban J connectivity index is 1.77. The van der Waals surface area contributed by atoms with Crippen molar-refractivity contribution in [3.05, 3.63) is 34.7 Å². The predicted molar refractivity (Wildman–Crippen MR) is 107 cm³/mol. The second-order valence-corrected chi connectivity index (χ2v) is 9.58. The second-order valence-electron chi connectivity index (χ2n) is 6.74. The summed E-state index contributed by atoms with van der Waals surface area (Å²) in [4.78, 5) is 5.53. The van der Waals surface area contributed by atoms with Crippen molar-refractivity contribution >= 4 is 56.8 Å². The van der Waals surface area contributed by atoms with Crippen molar-refractivity contribution < 1.29 is 0 Å². The average Bonchev–Trinajstić information content (AvgIpc) is 3.25. The summed E-state index contributed by atoms with van der Waals surface area (Å²) in [7, 11) is 4.56. The molecule has 0 spiro atoms. The molecule has 0 amide bonds. The van der Waals surface area contributed by atoms with Crippen LogP contribution in [0.2, 0.25) is 0 Å². The van der Waals surface area contributed by atoms with Gasteiger partial charge in [0.1, 0.15) is 20.8 Å². The van der Waals surface area contributed by atoms with Gasteiger partial charge in [0.25, 0.3) is 0 Å². The molecule has 0 saturated carbocycles. The van der Waals surface area contributed by atoms with Crippen LogP contribution in [-0.2, 0) is 0 Å². The minimum atomic E-state index is 0.829. The lowest BCUT2D eigenvalue weighted by Gasteiger charge is -2.23. The van der Waals surface area contributed by atoms with Gasteiger partial charge in [0.2, 0.25) is 0 Å². The van der Waals surface area contributed by atoms with Crippen molar-refractivity contribution in [2.45, 2.75) is 13.8 Å². The van der Waals surface area contributed by atoms with E-state index in [4.69, 9.17) is 0 Å². The van der Waals surface area contributed by atoms with Crippen LogP contribution in [0.3, 0.4) is 0 Å². The molecule has 4 heterocycles. The Hall–Kier alpha value is -1.60. The Morgan fingerprint density at radius 1 is 0.875 bits per heavy atom. The third-order valence-corrected chi connectivity index (χ3v) is 7.73. The van der Waals surface area contributed by atoms with Gasteiger partial charge in [0, 0.05) is 27.5 Å². The zero-order valence-corrected chi connectivity index (χ0v) is 16.3. The zero-order valence-electron chi connectivity index (χ0n) is 13.9. The fourth-order valence-corrected chi connectivity index (χ4v) is 6.69. The molecule has 24 heavy (non-hydrogen) atoms. The molecule has 4 aromatic rings. The van der Waals surface area contributed by atoms with Crippen LogP contribution in [0.4, 0.5) is 11.4 Å². The fraction of sp³-hybridized carbons (Fsp3) is 0.222. The van der Waals surface area contributed by atoms with Crippen LogP contribution in [0.25, 0.3) is 31.2 Å². The topological polar surface area (TPSA) is 25.8 Å². The predicted octanol–water partition coefficient (Wildman–Crippen LogP) is 5.98.